The van der Waals surface area contributed by atoms with E-state index in [0.717, 1.165) is 5.52 Å². The molecule has 0 saturated carbocycles. The first-order valence-corrected chi connectivity index (χ1v) is 5.37. The van der Waals surface area contributed by atoms with Crippen LogP contribution in [0.2, 0.25) is 0 Å². The van der Waals surface area contributed by atoms with Crippen LogP contribution in [0.5, 0.6) is 0 Å². The van der Waals surface area contributed by atoms with E-state index in [1.807, 2.05) is 0 Å². The zero-order valence-electron chi connectivity index (χ0n) is 8.75. The molecule has 0 unspecified atom stereocenters. The number of halogens is 2. The molecule has 0 radical (unpaired) electrons. The molecule has 84 valence electrons. The van der Waals surface area contributed by atoms with E-state index in [-0.39, 0.29) is 5.82 Å². The highest BCUT2D eigenvalue weighted by Crippen LogP contribution is 2.31. The van der Waals surface area contributed by atoms with Crippen molar-refractivity contribution in [1.29, 1.82) is 0 Å². The van der Waals surface area contributed by atoms with Crippen LogP contribution in [0.4, 0.5) is 4.39 Å². The Hall–Kier alpha value is -1.36. The van der Waals surface area contributed by atoms with Gasteiger partial charge in [-0.15, -0.1) is 0 Å². The van der Waals surface area contributed by atoms with Crippen molar-refractivity contribution in [3.05, 3.63) is 34.2 Å². The van der Waals surface area contributed by atoms with E-state index >= 15 is 0 Å². The molecule has 1 aromatic carbocycles. The van der Waals surface area contributed by atoms with Crippen molar-refractivity contribution in [3.63, 3.8) is 0 Å². The van der Waals surface area contributed by atoms with Gasteiger partial charge in [-0.05, 0) is 34.1 Å². The number of rotatable bonds is 1. The average molecular weight is 286 g/mol. The van der Waals surface area contributed by atoms with Crippen LogP contribution in [-0.2, 0) is 11.8 Å². The Labute approximate surface area is 99.9 Å². The van der Waals surface area contributed by atoms with E-state index in [1.165, 1.54) is 19.2 Å². The molecule has 0 bridgehead atoms. The van der Waals surface area contributed by atoms with Gasteiger partial charge in [0.2, 0.25) is 0 Å². The van der Waals surface area contributed by atoms with Gasteiger partial charge in [0.15, 0.2) is 0 Å². The predicted octanol–water partition coefficient (Wildman–Crippen LogP) is 2.87. The minimum atomic E-state index is -0.453. The van der Waals surface area contributed by atoms with Gasteiger partial charge in [-0.1, -0.05) is 0 Å². The van der Waals surface area contributed by atoms with Crippen LogP contribution in [-0.4, -0.2) is 17.6 Å². The molecular weight excluding hydrogens is 277 g/mol. The van der Waals surface area contributed by atoms with Gasteiger partial charge in [0.1, 0.15) is 11.5 Å². The third-order valence-electron chi connectivity index (χ3n) is 2.48. The van der Waals surface area contributed by atoms with Gasteiger partial charge in [-0.2, -0.15) is 0 Å². The van der Waals surface area contributed by atoms with E-state index in [9.17, 15) is 9.18 Å². The topological polar surface area (TPSA) is 31.2 Å². The van der Waals surface area contributed by atoms with Crippen LogP contribution >= 0.6 is 15.9 Å². The fourth-order valence-electron chi connectivity index (χ4n) is 1.70. The fraction of sp³-hybridized carbons (Fsp3) is 0.182. The van der Waals surface area contributed by atoms with Gasteiger partial charge >= 0.3 is 5.97 Å². The number of aryl methyl sites for hydroxylation is 1. The summed E-state index contributed by atoms with van der Waals surface area (Å²) in [5.41, 5.74) is 1.15. The molecule has 0 saturated heterocycles. The molecule has 1 heterocycles. The van der Waals surface area contributed by atoms with Gasteiger partial charge in [-0.3, -0.25) is 0 Å². The molecule has 0 aliphatic rings. The largest absolute Gasteiger partial charge is 0.464 e. The van der Waals surface area contributed by atoms with Gasteiger partial charge < -0.3 is 9.30 Å². The van der Waals surface area contributed by atoms with Crippen LogP contribution in [0.1, 0.15) is 10.5 Å². The summed E-state index contributed by atoms with van der Waals surface area (Å²) in [6.07, 6.45) is 0. The highest BCUT2D eigenvalue weighted by molar-refractivity contribution is 9.10. The van der Waals surface area contributed by atoms with E-state index in [1.54, 1.807) is 17.7 Å². The summed E-state index contributed by atoms with van der Waals surface area (Å²) < 4.78 is 20.0. The van der Waals surface area contributed by atoms with Crippen molar-refractivity contribution in [2.45, 2.75) is 0 Å². The highest BCUT2D eigenvalue weighted by Gasteiger charge is 2.20. The first-order chi connectivity index (χ1) is 7.56. The Morgan fingerprint density at radius 2 is 2.19 bits per heavy atom. The molecule has 0 spiro atoms. The lowest BCUT2D eigenvalue weighted by molar-refractivity contribution is 0.0589. The van der Waals surface area contributed by atoms with Crippen LogP contribution in [0.15, 0.2) is 22.7 Å². The van der Waals surface area contributed by atoms with E-state index < -0.39 is 5.97 Å². The predicted molar refractivity (Wildman–Crippen MR) is 61.9 cm³/mol. The smallest absolute Gasteiger partial charge is 0.355 e. The molecule has 0 amide bonds. The monoisotopic (exact) mass is 285 g/mol. The summed E-state index contributed by atoms with van der Waals surface area (Å²) in [4.78, 5) is 11.5. The number of methoxy groups -OCH3 is 1. The van der Waals surface area contributed by atoms with Crippen LogP contribution in [0.3, 0.4) is 0 Å². The van der Waals surface area contributed by atoms with Crippen LogP contribution in [0, 0.1) is 5.82 Å². The number of aromatic nitrogens is 1. The molecule has 0 atom stereocenters. The number of carbonyl (C=O) groups is 1. The van der Waals surface area contributed by atoms with Crippen molar-refractivity contribution < 1.29 is 13.9 Å². The third-order valence-corrected chi connectivity index (χ3v) is 3.28. The number of benzene rings is 1. The summed E-state index contributed by atoms with van der Waals surface area (Å²) in [6.45, 7) is 0. The molecule has 2 rings (SSSR count). The lowest BCUT2D eigenvalue weighted by Crippen LogP contribution is -2.07. The van der Waals surface area contributed by atoms with Gasteiger partial charge in [0.05, 0.1) is 11.6 Å². The fourth-order valence-corrected chi connectivity index (χ4v) is 2.44. The third kappa shape index (κ3) is 1.51. The molecular formula is C11H9BrFNO2. The Morgan fingerprint density at radius 3 is 2.81 bits per heavy atom. The molecule has 0 aliphatic heterocycles. The number of nitrogens with zero attached hydrogens (tertiary/aromatic N) is 1. The normalized spacial score (nSPS) is 10.8. The number of carbonyl (C=O) groups excluding carboxylic acids is 1. The molecule has 5 heteroatoms. The zero-order chi connectivity index (χ0) is 11.9. The summed E-state index contributed by atoms with van der Waals surface area (Å²) in [5, 5.41) is 0.655. The molecule has 0 N–H and O–H groups in total. The van der Waals surface area contributed by atoms with Crippen molar-refractivity contribution in [2.24, 2.45) is 7.05 Å². The number of fused-ring (bicyclic) bond motifs is 1. The molecule has 2 aromatic rings. The first-order valence-electron chi connectivity index (χ1n) is 4.58. The molecule has 1 aromatic heterocycles. The summed E-state index contributed by atoms with van der Waals surface area (Å²) >= 11 is 3.29. The van der Waals surface area contributed by atoms with Crippen molar-refractivity contribution in [2.75, 3.05) is 7.11 Å². The number of ether oxygens (including phenoxy) is 1. The van der Waals surface area contributed by atoms with Crippen molar-refractivity contribution >= 4 is 32.8 Å². The number of esters is 1. The Kier molecular flexibility index (Phi) is 2.71. The molecule has 0 aliphatic carbocycles. The average Bonchev–Trinajstić information content (AvgIpc) is 2.51. The zero-order valence-corrected chi connectivity index (χ0v) is 10.3. The molecule has 3 nitrogen and oxygen atoms in total. The summed E-state index contributed by atoms with van der Waals surface area (Å²) in [6, 6.07) is 4.36. The van der Waals surface area contributed by atoms with E-state index in [0.29, 0.717) is 15.6 Å². The molecule has 16 heavy (non-hydrogen) atoms. The Balaban J connectivity index is 2.81. The second-order valence-electron chi connectivity index (χ2n) is 3.37. The standard InChI is InChI=1S/C11H9BrFNO2/c1-14-8-4-3-6(13)5-7(8)9(12)10(14)11(15)16-2/h3-5H,1-2H3. The van der Waals surface area contributed by atoms with E-state index in [4.69, 9.17) is 0 Å². The maximum absolute atomic E-state index is 13.1. The van der Waals surface area contributed by atoms with Crippen LogP contribution < -0.4 is 0 Å². The van der Waals surface area contributed by atoms with Crippen molar-refractivity contribution in [3.8, 4) is 0 Å². The van der Waals surface area contributed by atoms with Gasteiger partial charge in [0, 0.05) is 18.0 Å². The highest BCUT2D eigenvalue weighted by atomic mass is 79.9. The number of hydrogen-bond acceptors (Lipinski definition) is 2. The summed E-state index contributed by atoms with van der Waals surface area (Å²) in [5.74, 6) is -0.791. The lowest BCUT2D eigenvalue weighted by atomic mass is 10.2. The second kappa shape index (κ2) is 3.90. The molecule has 0 fully saturated rings. The quantitative estimate of drug-likeness (QED) is 0.755. The minimum Gasteiger partial charge on any atom is -0.464 e. The minimum absolute atomic E-state index is 0.338. The number of hydrogen-bond donors (Lipinski definition) is 0. The Bertz CT molecular complexity index is 577. The van der Waals surface area contributed by atoms with Gasteiger partial charge in [-0.25, -0.2) is 9.18 Å². The maximum Gasteiger partial charge on any atom is 0.355 e. The SMILES string of the molecule is COC(=O)c1c(Br)c2cc(F)ccc2n1C. The van der Waals surface area contributed by atoms with Crippen LogP contribution in [0.25, 0.3) is 10.9 Å². The maximum atomic E-state index is 13.1. The Morgan fingerprint density at radius 1 is 1.50 bits per heavy atom. The summed E-state index contributed by atoms with van der Waals surface area (Å²) in [7, 11) is 3.05. The second-order valence-corrected chi connectivity index (χ2v) is 4.17. The first kappa shape index (κ1) is 11.1. The van der Waals surface area contributed by atoms with Crippen molar-refractivity contribution in [1.82, 2.24) is 4.57 Å². The lowest BCUT2D eigenvalue weighted by Gasteiger charge is -2.01. The van der Waals surface area contributed by atoms with Gasteiger partial charge in [0.25, 0.3) is 0 Å². The van der Waals surface area contributed by atoms with E-state index in [2.05, 4.69) is 20.7 Å².